The second kappa shape index (κ2) is 8.24. The first-order chi connectivity index (χ1) is 14.2. The quantitative estimate of drug-likeness (QED) is 0.509. The molecule has 30 heavy (non-hydrogen) atoms. The molecule has 5 nitrogen and oxygen atoms in total. The number of sulfonamides is 1. The predicted octanol–water partition coefficient (Wildman–Crippen LogP) is 5.27. The Kier molecular flexibility index (Phi) is 5.98. The molecule has 3 heterocycles. The van der Waals surface area contributed by atoms with Crippen LogP contribution in [0, 0.1) is 27.7 Å². The Morgan fingerprint density at radius 1 is 0.967 bits per heavy atom. The summed E-state index contributed by atoms with van der Waals surface area (Å²) in [6, 6.07) is 7.62. The van der Waals surface area contributed by atoms with Gasteiger partial charge in [-0.25, -0.2) is 13.4 Å². The van der Waals surface area contributed by atoms with Crippen LogP contribution < -0.4 is 4.90 Å². The van der Waals surface area contributed by atoms with Crippen LogP contribution in [0.5, 0.6) is 0 Å². The largest absolute Gasteiger partial charge is 0.369 e. The van der Waals surface area contributed by atoms with Crippen LogP contribution in [-0.2, 0) is 10.0 Å². The highest BCUT2D eigenvalue weighted by Crippen LogP contribution is 2.38. The molecule has 9 heteroatoms. The summed E-state index contributed by atoms with van der Waals surface area (Å²) in [7, 11) is -3.54. The minimum atomic E-state index is -3.54. The fourth-order valence-electron chi connectivity index (χ4n) is 3.64. The molecule has 0 unspecified atom stereocenters. The molecule has 0 radical (unpaired) electrons. The number of hydrogen-bond donors (Lipinski definition) is 0. The smallest absolute Gasteiger partial charge is 0.244 e. The van der Waals surface area contributed by atoms with E-state index in [0.29, 0.717) is 36.1 Å². The van der Waals surface area contributed by atoms with Gasteiger partial charge in [-0.3, -0.25) is 0 Å². The molecule has 1 aromatic carbocycles. The zero-order chi connectivity index (χ0) is 21.6. The van der Waals surface area contributed by atoms with E-state index in [1.807, 2.05) is 45.9 Å². The Balaban J connectivity index is 1.54. The summed E-state index contributed by atoms with van der Waals surface area (Å²) in [5.74, 6) is 0. The van der Waals surface area contributed by atoms with Crippen molar-refractivity contribution in [2.24, 2.45) is 0 Å². The van der Waals surface area contributed by atoms with Gasteiger partial charge in [-0.15, -0.1) is 22.7 Å². The van der Waals surface area contributed by atoms with Crippen LogP contribution in [0.3, 0.4) is 0 Å². The Hall–Kier alpha value is -1.45. The van der Waals surface area contributed by atoms with Crippen molar-refractivity contribution in [3.8, 4) is 9.88 Å². The molecule has 4 rings (SSSR count). The summed E-state index contributed by atoms with van der Waals surface area (Å²) in [6.45, 7) is 10.1. The number of piperazine rings is 1. The van der Waals surface area contributed by atoms with Crippen molar-refractivity contribution in [2.75, 3.05) is 31.1 Å². The summed E-state index contributed by atoms with van der Waals surface area (Å²) < 4.78 is 28.3. The minimum Gasteiger partial charge on any atom is -0.369 e. The van der Waals surface area contributed by atoms with Gasteiger partial charge in [-0.1, -0.05) is 17.7 Å². The molecule has 0 N–H and O–H groups in total. The van der Waals surface area contributed by atoms with Crippen LogP contribution in [-0.4, -0.2) is 43.9 Å². The molecule has 0 bridgehead atoms. The van der Waals surface area contributed by atoms with Crippen molar-refractivity contribution < 1.29 is 8.42 Å². The summed E-state index contributed by atoms with van der Waals surface area (Å²) in [4.78, 5) is 10.1. The number of thiophene rings is 1. The van der Waals surface area contributed by atoms with E-state index < -0.39 is 10.0 Å². The Bertz CT molecular complexity index is 1170. The van der Waals surface area contributed by atoms with Crippen LogP contribution in [0.2, 0.25) is 5.02 Å². The minimum absolute atomic E-state index is 0.403. The first-order valence-electron chi connectivity index (χ1n) is 9.73. The second-order valence-electron chi connectivity index (χ2n) is 7.51. The van der Waals surface area contributed by atoms with Gasteiger partial charge >= 0.3 is 0 Å². The van der Waals surface area contributed by atoms with E-state index in [1.54, 1.807) is 21.7 Å². The molecular weight excluding hydrogens is 458 g/mol. The first kappa shape index (κ1) is 21.8. The van der Waals surface area contributed by atoms with Gasteiger partial charge in [0.25, 0.3) is 0 Å². The molecule has 0 saturated carbocycles. The molecule has 1 fully saturated rings. The highest BCUT2D eigenvalue weighted by Gasteiger charge is 2.31. The van der Waals surface area contributed by atoms with Crippen molar-refractivity contribution in [3.05, 3.63) is 50.3 Å². The fourth-order valence-corrected chi connectivity index (χ4v) is 7.75. The standard InChI is InChI=1S/C21H24ClN3O2S3/c1-13-5-6-17(22)11-18(13)24-7-9-25(10-8-24)30(26,27)20-12-19(28-16(20)4)21-23-14(2)15(3)29-21/h5-6,11-12H,7-10H2,1-4H3. The topological polar surface area (TPSA) is 53.5 Å². The monoisotopic (exact) mass is 481 g/mol. The lowest BCUT2D eigenvalue weighted by Gasteiger charge is -2.36. The van der Waals surface area contributed by atoms with Crippen molar-refractivity contribution in [2.45, 2.75) is 32.6 Å². The fraction of sp³-hybridized carbons (Fsp3) is 0.381. The van der Waals surface area contributed by atoms with Gasteiger partial charge in [0.2, 0.25) is 10.0 Å². The van der Waals surface area contributed by atoms with Crippen LogP contribution in [0.15, 0.2) is 29.2 Å². The van der Waals surface area contributed by atoms with E-state index in [4.69, 9.17) is 11.6 Å². The van der Waals surface area contributed by atoms with E-state index in [-0.39, 0.29) is 0 Å². The zero-order valence-electron chi connectivity index (χ0n) is 17.4. The highest BCUT2D eigenvalue weighted by molar-refractivity contribution is 7.89. The number of benzene rings is 1. The molecule has 160 valence electrons. The van der Waals surface area contributed by atoms with Gasteiger partial charge in [-0.05, 0) is 51.5 Å². The summed E-state index contributed by atoms with van der Waals surface area (Å²) in [5, 5.41) is 1.58. The number of rotatable bonds is 4. The lowest BCUT2D eigenvalue weighted by atomic mass is 10.1. The molecule has 0 spiro atoms. The van der Waals surface area contributed by atoms with Crippen LogP contribution in [0.25, 0.3) is 9.88 Å². The SMILES string of the molecule is Cc1ccc(Cl)cc1N1CCN(S(=O)(=O)c2cc(-c3nc(C)c(C)s3)sc2C)CC1. The third kappa shape index (κ3) is 4.03. The number of thiazole rings is 1. The normalized spacial score (nSPS) is 15.7. The van der Waals surface area contributed by atoms with Crippen molar-refractivity contribution in [3.63, 3.8) is 0 Å². The summed E-state index contributed by atoms with van der Waals surface area (Å²) >= 11 is 9.27. The van der Waals surface area contributed by atoms with Crippen molar-refractivity contribution in [1.29, 1.82) is 0 Å². The van der Waals surface area contributed by atoms with Gasteiger partial charge in [0.05, 0.1) is 15.5 Å². The Labute approximate surface area is 191 Å². The van der Waals surface area contributed by atoms with Crippen molar-refractivity contribution >= 4 is 50.0 Å². The number of nitrogens with zero attached hydrogens (tertiary/aromatic N) is 3. The number of anilines is 1. The second-order valence-corrected chi connectivity index (χ2v) is 12.3. The predicted molar refractivity (Wildman–Crippen MR) is 127 cm³/mol. The number of halogens is 1. The third-order valence-corrected chi connectivity index (χ3v) is 10.2. The van der Waals surface area contributed by atoms with Crippen LogP contribution >= 0.6 is 34.3 Å². The molecule has 0 atom stereocenters. The average molecular weight is 482 g/mol. The Morgan fingerprint density at radius 2 is 1.67 bits per heavy atom. The molecule has 3 aromatic rings. The summed E-state index contributed by atoms with van der Waals surface area (Å²) in [5.41, 5.74) is 3.21. The van der Waals surface area contributed by atoms with E-state index in [0.717, 1.165) is 36.6 Å². The maximum absolute atomic E-state index is 13.4. The van der Waals surface area contributed by atoms with E-state index in [9.17, 15) is 8.42 Å². The molecule has 0 aliphatic carbocycles. The Morgan fingerprint density at radius 3 is 2.30 bits per heavy atom. The van der Waals surface area contributed by atoms with Gasteiger partial charge in [0.1, 0.15) is 5.01 Å². The highest BCUT2D eigenvalue weighted by atomic mass is 35.5. The van der Waals surface area contributed by atoms with Gasteiger partial charge in [0, 0.05) is 46.6 Å². The van der Waals surface area contributed by atoms with Gasteiger partial charge < -0.3 is 4.90 Å². The first-order valence-corrected chi connectivity index (χ1v) is 13.2. The van der Waals surface area contributed by atoms with Gasteiger partial charge in [0.15, 0.2) is 0 Å². The van der Waals surface area contributed by atoms with E-state index in [2.05, 4.69) is 9.88 Å². The van der Waals surface area contributed by atoms with Gasteiger partial charge in [-0.2, -0.15) is 4.31 Å². The van der Waals surface area contributed by atoms with Crippen molar-refractivity contribution in [1.82, 2.24) is 9.29 Å². The maximum atomic E-state index is 13.4. The number of hydrogen-bond acceptors (Lipinski definition) is 6. The molecule has 1 aliphatic rings. The molecule has 0 amide bonds. The van der Waals surface area contributed by atoms with E-state index in [1.165, 1.54) is 11.3 Å². The van der Waals surface area contributed by atoms with Crippen LogP contribution in [0.1, 0.15) is 21.0 Å². The molecular formula is C21H24ClN3O2S3. The molecule has 1 aliphatic heterocycles. The molecule has 1 saturated heterocycles. The molecule has 2 aromatic heterocycles. The third-order valence-electron chi connectivity index (χ3n) is 5.48. The van der Waals surface area contributed by atoms with E-state index >= 15 is 0 Å². The number of aromatic nitrogens is 1. The lowest BCUT2D eigenvalue weighted by molar-refractivity contribution is 0.384. The average Bonchev–Trinajstić information content (AvgIpc) is 3.26. The number of aryl methyl sites for hydroxylation is 4. The summed E-state index contributed by atoms with van der Waals surface area (Å²) in [6.07, 6.45) is 0. The lowest BCUT2D eigenvalue weighted by Crippen LogP contribution is -2.48. The maximum Gasteiger partial charge on any atom is 0.244 e. The zero-order valence-corrected chi connectivity index (χ0v) is 20.6. The van der Waals surface area contributed by atoms with Crippen LogP contribution in [0.4, 0.5) is 5.69 Å².